The van der Waals surface area contributed by atoms with Gasteiger partial charge in [-0.05, 0) is 100 Å². The van der Waals surface area contributed by atoms with Gasteiger partial charge in [0.2, 0.25) is 0 Å². The Balaban J connectivity index is 1.15. The molecule has 0 spiro atoms. The molecular weight excluding hydrogens is 719 g/mol. The molecule has 0 N–H and O–H groups in total. The molecule has 0 saturated carbocycles. The fourth-order valence-electron chi connectivity index (χ4n) is 10.00. The maximum atomic E-state index is 2.58. The molecule has 0 bridgehead atoms. The Hall–Kier alpha value is -7.26. The zero-order valence-electron chi connectivity index (χ0n) is 31.4. The van der Waals surface area contributed by atoms with E-state index in [1.165, 1.54) is 124 Å². The summed E-state index contributed by atoms with van der Waals surface area (Å²) < 4.78 is 2.59. The van der Waals surface area contributed by atoms with Crippen molar-refractivity contribution in [3.8, 4) is 22.3 Å². The Morgan fingerprint density at radius 1 is 0.276 bits per heavy atom. The van der Waals surface area contributed by atoms with Crippen LogP contribution in [0, 0.1) is 0 Å². The van der Waals surface area contributed by atoms with Gasteiger partial charge in [0.1, 0.15) is 0 Å². The maximum Gasteiger partial charge on any atom is 0.0640 e. The smallest absolute Gasteiger partial charge is 0.0640 e. The highest BCUT2D eigenvalue weighted by Crippen LogP contribution is 2.51. The minimum Gasteiger partial charge on any atom is -0.308 e. The second-order valence-corrected chi connectivity index (χ2v) is 16.6. The molecule has 268 valence electrons. The van der Waals surface area contributed by atoms with E-state index < -0.39 is 0 Å². The number of nitrogens with zero attached hydrogens (tertiary/aromatic N) is 1. The van der Waals surface area contributed by atoms with E-state index in [-0.39, 0.29) is 0 Å². The van der Waals surface area contributed by atoms with Gasteiger partial charge in [-0.2, -0.15) is 0 Å². The van der Waals surface area contributed by atoms with Gasteiger partial charge >= 0.3 is 0 Å². The molecule has 13 aromatic rings. The Morgan fingerprint density at radius 3 is 1.26 bits per heavy atom. The van der Waals surface area contributed by atoms with Gasteiger partial charge in [0.25, 0.3) is 0 Å². The van der Waals surface area contributed by atoms with Crippen LogP contribution in [-0.4, -0.2) is 0 Å². The van der Waals surface area contributed by atoms with Crippen LogP contribution in [-0.2, 0) is 0 Å². The van der Waals surface area contributed by atoms with Crippen LogP contribution in [0.5, 0.6) is 0 Å². The minimum absolute atomic E-state index is 1.18. The number of hydrogen-bond acceptors (Lipinski definition) is 2. The molecule has 1 aromatic heterocycles. The second-order valence-electron chi connectivity index (χ2n) is 15.6. The van der Waals surface area contributed by atoms with Crippen LogP contribution in [0.3, 0.4) is 0 Å². The van der Waals surface area contributed by atoms with Gasteiger partial charge in [-0.25, -0.2) is 0 Å². The normalized spacial score (nSPS) is 12.1. The van der Waals surface area contributed by atoms with E-state index in [1.807, 2.05) is 11.3 Å². The highest BCUT2D eigenvalue weighted by Gasteiger charge is 2.25. The largest absolute Gasteiger partial charge is 0.308 e. The molecular formula is C56H33NS. The average Bonchev–Trinajstić information content (AvgIpc) is 3.68. The summed E-state index contributed by atoms with van der Waals surface area (Å²) in [6.07, 6.45) is 0. The summed E-state index contributed by atoms with van der Waals surface area (Å²) in [7, 11) is 0. The lowest BCUT2D eigenvalue weighted by molar-refractivity contribution is 1.34. The predicted molar refractivity (Wildman–Crippen MR) is 252 cm³/mol. The summed E-state index contributed by atoms with van der Waals surface area (Å²) in [6, 6.07) is 74.6. The van der Waals surface area contributed by atoms with Gasteiger partial charge in [0, 0.05) is 26.2 Å². The topological polar surface area (TPSA) is 3.24 Å². The van der Waals surface area contributed by atoms with Crippen molar-refractivity contribution in [2.75, 3.05) is 4.90 Å². The molecule has 0 unspecified atom stereocenters. The second kappa shape index (κ2) is 12.1. The summed E-state index contributed by atoms with van der Waals surface area (Å²) in [4.78, 5) is 2.58. The van der Waals surface area contributed by atoms with E-state index in [4.69, 9.17) is 0 Å². The molecule has 13 rings (SSSR count). The molecule has 1 heterocycles. The molecule has 0 atom stereocenters. The van der Waals surface area contributed by atoms with Crippen LogP contribution in [0.2, 0.25) is 0 Å². The first kappa shape index (κ1) is 31.9. The molecule has 2 heteroatoms. The standard InChI is InChI=1S/C56H33NS/c1-3-10-34(11-4-1)40-26-18-36-22-30-46-48(32-24-38-20-28-43(40)52(36)54(38)46)57(50-16-9-15-45-42-14-7-8-17-51(42)58-56(45)50)49-33-25-39-21-29-44-41(35-12-5-2-6-13-35)27-19-37-23-31-47(49)55(39)53(37)44/h1-33H. The lowest BCUT2D eigenvalue weighted by Gasteiger charge is -2.30. The van der Waals surface area contributed by atoms with Gasteiger partial charge in [-0.1, -0.05) is 176 Å². The van der Waals surface area contributed by atoms with E-state index in [0.717, 1.165) is 0 Å². The Bertz CT molecular complexity index is 3540. The summed E-state index contributed by atoms with van der Waals surface area (Å²) in [6.45, 7) is 0. The van der Waals surface area contributed by atoms with Crippen molar-refractivity contribution in [1.29, 1.82) is 0 Å². The molecule has 0 fully saturated rings. The first-order valence-corrected chi connectivity index (χ1v) is 20.8. The molecule has 1 nitrogen and oxygen atoms in total. The highest BCUT2D eigenvalue weighted by molar-refractivity contribution is 7.26. The van der Waals surface area contributed by atoms with Crippen molar-refractivity contribution in [3.05, 3.63) is 200 Å². The van der Waals surface area contributed by atoms with Crippen LogP contribution < -0.4 is 4.90 Å². The van der Waals surface area contributed by atoms with Crippen LogP contribution in [0.1, 0.15) is 0 Å². The van der Waals surface area contributed by atoms with Crippen molar-refractivity contribution in [3.63, 3.8) is 0 Å². The molecule has 58 heavy (non-hydrogen) atoms. The Morgan fingerprint density at radius 2 is 0.707 bits per heavy atom. The molecule has 0 amide bonds. The summed E-state index contributed by atoms with van der Waals surface area (Å²) >= 11 is 1.89. The number of hydrogen-bond donors (Lipinski definition) is 0. The predicted octanol–water partition coefficient (Wildman–Crippen LogP) is 16.7. The van der Waals surface area contributed by atoms with E-state index in [2.05, 4.69) is 205 Å². The fraction of sp³-hybridized carbons (Fsp3) is 0. The van der Waals surface area contributed by atoms with E-state index in [1.54, 1.807) is 0 Å². The SMILES string of the molecule is c1ccc(-c2ccc3ccc4c(N(c5ccc6ccc7c(-c8ccccc8)ccc8ccc5c6c87)c5cccc6c5sc5ccccc56)ccc5ccc2c3c54)cc1. The lowest BCUT2D eigenvalue weighted by atomic mass is 9.88. The van der Waals surface area contributed by atoms with Gasteiger partial charge in [0.05, 0.1) is 21.8 Å². The van der Waals surface area contributed by atoms with Crippen molar-refractivity contribution in [1.82, 2.24) is 0 Å². The number of thiophene rings is 1. The quantitative estimate of drug-likeness (QED) is 0.158. The van der Waals surface area contributed by atoms with Crippen molar-refractivity contribution >= 4 is 113 Å². The average molecular weight is 752 g/mol. The molecule has 0 aliphatic rings. The Kier molecular flexibility index (Phi) is 6.66. The van der Waals surface area contributed by atoms with Crippen LogP contribution in [0.4, 0.5) is 17.1 Å². The fourth-order valence-corrected chi connectivity index (χ4v) is 11.2. The maximum absolute atomic E-state index is 2.58. The van der Waals surface area contributed by atoms with Crippen LogP contribution in [0.25, 0.3) is 107 Å². The van der Waals surface area contributed by atoms with Gasteiger partial charge in [0.15, 0.2) is 0 Å². The van der Waals surface area contributed by atoms with Crippen molar-refractivity contribution < 1.29 is 0 Å². The van der Waals surface area contributed by atoms with E-state index in [0.29, 0.717) is 0 Å². The third kappa shape index (κ3) is 4.46. The van der Waals surface area contributed by atoms with Crippen molar-refractivity contribution in [2.45, 2.75) is 0 Å². The minimum atomic E-state index is 1.18. The first-order valence-electron chi connectivity index (χ1n) is 20.0. The molecule has 0 radical (unpaired) electrons. The number of benzene rings is 12. The molecule has 0 aliphatic carbocycles. The van der Waals surface area contributed by atoms with Gasteiger partial charge in [-0.3, -0.25) is 0 Å². The highest BCUT2D eigenvalue weighted by atomic mass is 32.1. The molecule has 0 saturated heterocycles. The zero-order chi connectivity index (χ0) is 37.9. The Labute approximate surface area is 338 Å². The lowest BCUT2D eigenvalue weighted by Crippen LogP contribution is -2.11. The molecule has 12 aromatic carbocycles. The third-order valence-corrected chi connectivity index (χ3v) is 13.8. The molecule has 0 aliphatic heterocycles. The zero-order valence-corrected chi connectivity index (χ0v) is 32.2. The summed E-state index contributed by atoms with van der Waals surface area (Å²) in [5, 5.41) is 18.0. The number of rotatable bonds is 5. The number of fused-ring (bicyclic) bond motifs is 3. The van der Waals surface area contributed by atoms with Gasteiger partial charge in [-0.15, -0.1) is 11.3 Å². The van der Waals surface area contributed by atoms with Crippen LogP contribution >= 0.6 is 11.3 Å². The monoisotopic (exact) mass is 751 g/mol. The van der Waals surface area contributed by atoms with Crippen molar-refractivity contribution in [2.24, 2.45) is 0 Å². The number of anilines is 3. The third-order valence-electron chi connectivity index (χ3n) is 12.6. The van der Waals surface area contributed by atoms with E-state index >= 15 is 0 Å². The van der Waals surface area contributed by atoms with Crippen LogP contribution in [0.15, 0.2) is 200 Å². The summed E-state index contributed by atoms with van der Waals surface area (Å²) in [5.74, 6) is 0. The summed E-state index contributed by atoms with van der Waals surface area (Å²) in [5.41, 5.74) is 8.56. The first-order chi connectivity index (χ1) is 28.8. The van der Waals surface area contributed by atoms with Gasteiger partial charge < -0.3 is 4.90 Å². The van der Waals surface area contributed by atoms with E-state index in [9.17, 15) is 0 Å².